The van der Waals surface area contributed by atoms with Gasteiger partial charge in [-0.3, -0.25) is 0 Å². The topological polar surface area (TPSA) is 22.9 Å². The Morgan fingerprint density at radius 1 is 0.395 bits per heavy atom. The number of rotatable bonds is 5. The number of fused-ring (bicyclic) bond motifs is 10. The molecular weight excluding hydrogens is 1060 g/mol. The van der Waals surface area contributed by atoms with E-state index in [1.807, 2.05) is 0 Å². The summed E-state index contributed by atoms with van der Waals surface area (Å²) in [5.41, 5.74) is 23.4. The minimum Gasteiger partial charge on any atom is -0.468 e. The molecule has 9 aromatic carbocycles. The van der Waals surface area contributed by atoms with Crippen molar-refractivity contribution in [1.29, 1.82) is 0 Å². The van der Waals surface area contributed by atoms with Gasteiger partial charge in [-0.05, 0) is 190 Å². The van der Waals surface area contributed by atoms with E-state index >= 15 is 0 Å². The van der Waals surface area contributed by atoms with E-state index < -0.39 is 8.07 Å². The molecule has 0 saturated carbocycles. The van der Waals surface area contributed by atoms with Crippen LogP contribution in [0, 0.1) is 0 Å². The van der Waals surface area contributed by atoms with Crippen molar-refractivity contribution in [2.45, 2.75) is 155 Å². The number of hydrogen-bond acceptors (Lipinski definition) is 4. The molecule has 430 valence electrons. The van der Waals surface area contributed by atoms with Crippen LogP contribution in [0.1, 0.15) is 156 Å². The summed E-state index contributed by atoms with van der Waals surface area (Å²) in [7, 11) is -2.95. The van der Waals surface area contributed by atoms with Gasteiger partial charge in [-0.2, -0.15) is 0 Å². The summed E-state index contributed by atoms with van der Waals surface area (Å²) >= 11 is 0. The molecule has 2 aliphatic carbocycles. The molecule has 5 aliphatic rings. The van der Waals surface area contributed by atoms with Crippen molar-refractivity contribution < 1.29 is 4.42 Å². The van der Waals surface area contributed by atoms with E-state index in [0.29, 0.717) is 0 Å². The Morgan fingerprint density at radius 3 is 1.42 bits per heavy atom. The molecule has 15 rings (SSSR count). The molecule has 0 N–H and O–H groups in total. The molecule has 4 heterocycles. The number of nitrogens with zero attached hydrogens (tertiary/aromatic N) is 3. The Labute approximate surface area is 513 Å². The molecule has 0 amide bonds. The maximum atomic E-state index is 7.68. The molecule has 0 radical (unpaired) electrons. The number of anilines is 9. The van der Waals surface area contributed by atoms with Crippen molar-refractivity contribution >= 4 is 114 Å². The highest BCUT2D eigenvalue weighted by atomic mass is 28.3. The Hall–Kier alpha value is -7.80. The van der Waals surface area contributed by atoms with E-state index in [-0.39, 0.29) is 39.2 Å². The van der Waals surface area contributed by atoms with Crippen molar-refractivity contribution in [2.75, 3.05) is 14.7 Å². The summed E-state index contributed by atoms with van der Waals surface area (Å²) in [6.45, 7) is 33.5. The molecule has 86 heavy (non-hydrogen) atoms. The molecule has 6 heteroatoms. The van der Waals surface area contributed by atoms with Gasteiger partial charge in [0, 0.05) is 45.2 Å². The van der Waals surface area contributed by atoms with Crippen molar-refractivity contribution in [3.05, 3.63) is 228 Å². The standard InChI is InChI=1S/C80H82BN3OSi/c1-75(2,3)51-33-36-53(37-34-51)84-68-48-55(83-64-29-21-23-31-70(64)86(56-25-17-15-18-26-56,57-27-19-16-20-28-57)71-32-24-22-30-65(71)83)47-67-72(68)81(74-73(84)58-45-52(76(4,5)6)35-40-69(58)85-74)63-49-61-62(80(13,14)44-43-79(61,11)12)50-66(63)82(67)54-38-39-59-60(46-54)78(9,10)42-41-77(59,7)8/h15-40,45-50H,41-44H2,1-14H3. The molecule has 0 saturated heterocycles. The quantitative estimate of drug-likeness (QED) is 0.160. The Morgan fingerprint density at radius 2 is 0.860 bits per heavy atom. The molecule has 1 aromatic heterocycles. The Balaban J connectivity index is 1.11. The van der Waals surface area contributed by atoms with Gasteiger partial charge in [-0.15, -0.1) is 0 Å². The third-order valence-electron chi connectivity index (χ3n) is 21.3. The van der Waals surface area contributed by atoms with Gasteiger partial charge in [0.15, 0.2) is 8.07 Å². The Bertz CT molecular complexity index is 4310. The van der Waals surface area contributed by atoms with Crippen molar-refractivity contribution in [1.82, 2.24) is 0 Å². The second-order valence-corrected chi connectivity index (χ2v) is 34.4. The summed E-state index contributed by atoms with van der Waals surface area (Å²) in [5, 5.41) is 6.66. The lowest BCUT2D eigenvalue weighted by molar-refractivity contribution is 0.332. The van der Waals surface area contributed by atoms with Crippen LogP contribution in [0.3, 0.4) is 0 Å². The number of para-hydroxylation sites is 2. The van der Waals surface area contributed by atoms with Crippen LogP contribution in [0.4, 0.5) is 51.2 Å². The molecule has 0 bridgehead atoms. The van der Waals surface area contributed by atoms with E-state index in [1.165, 1.54) is 99.2 Å². The van der Waals surface area contributed by atoms with E-state index in [1.54, 1.807) is 0 Å². The predicted molar refractivity (Wildman–Crippen MR) is 370 cm³/mol. The predicted octanol–water partition coefficient (Wildman–Crippen LogP) is 17.0. The number of hydrogen-bond donors (Lipinski definition) is 0. The van der Waals surface area contributed by atoms with Gasteiger partial charge in [0.2, 0.25) is 0 Å². The first-order valence-corrected chi connectivity index (χ1v) is 33.8. The molecule has 0 atom stereocenters. The molecule has 3 aliphatic heterocycles. The van der Waals surface area contributed by atoms with Crippen molar-refractivity contribution in [2.24, 2.45) is 0 Å². The average Bonchev–Trinajstić information content (AvgIpc) is 1.05. The first-order valence-electron chi connectivity index (χ1n) is 31.8. The minimum absolute atomic E-state index is 0.00856. The SMILES string of the molecule is CC(C)(C)c1ccc(N2c3cc(N4c5ccccc5[Si](c5ccccc5)(c5ccccc5)c5ccccc54)cc4c3B(c3cc5c(cc3N4c3ccc4c(c3)C(C)(C)CCC4(C)C)C(C)(C)CCC5(C)C)c3oc4ccc(C(C)(C)C)cc4c32)cc1. The average molecular weight is 1140 g/mol. The second-order valence-electron chi connectivity index (χ2n) is 30.6. The maximum Gasteiger partial charge on any atom is 0.297 e. The summed E-state index contributed by atoms with van der Waals surface area (Å²) < 4.78 is 7.68. The summed E-state index contributed by atoms with van der Waals surface area (Å²) in [6, 6.07) is 76.2. The zero-order valence-corrected chi connectivity index (χ0v) is 54.1. The van der Waals surface area contributed by atoms with Gasteiger partial charge in [0.05, 0.1) is 17.0 Å². The molecule has 0 fully saturated rings. The van der Waals surface area contributed by atoms with Crippen LogP contribution in [0.5, 0.6) is 0 Å². The van der Waals surface area contributed by atoms with E-state index in [9.17, 15) is 0 Å². The van der Waals surface area contributed by atoms with E-state index in [0.717, 1.165) is 59.4 Å². The highest BCUT2D eigenvalue weighted by Crippen LogP contribution is 2.55. The fourth-order valence-electron chi connectivity index (χ4n) is 16.2. The maximum absolute atomic E-state index is 7.68. The van der Waals surface area contributed by atoms with Crippen molar-refractivity contribution in [3.8, 4) is 0 Å². The number of furan rings is 1. The Kier molecular flexibility index (Phi) is 11.9. The minimum atomic E-state index is -2.95. The highest BCUT2D eigenvalue weighted by Gasteiger charge is 2.52. The second kappa shape index (κ2) is 18.6. The third kappa shape index (κ3) is 7.99. The van der Waals surface area contributed by atoms with Gasteiger partial charge in [0.1, 0.15) is 5.58 Å². The largest absolute Gasteiger partial charge is 0.468 e. The lowest BCUT2D eigenvalue weighted by atomic mass is 9.35. The van der Waals surface area contributed by atoms with Gasteiger partial charge >= 0.3 is 0 Å². The first kappa shape index (κ1) is 54.8. The van der Waals surface area contributed by atoms with Crippen LogP contribution in [0.25, 0.3) is 11.0 Å². The van der Waals surface area contributed by atoms with Crippen molar-refractivity contribution in [3.63, 3.8) is 0 Å². The van der Waals surface area contributed by atoms with Crippen LogP contribution < -0.4 is 52.0 Å². The smallest absolute Gasteiger partial charge is 0.297 e. The van der Waals surface area contributed by atoms with Crippen LogP contribution in [0.2, 0.25) is 0 Å². The zero-order chi connectivity index (χ0) is 59.8. The molecule has 0 unspecified atom stereocenters. The lowest BCUT2D eigenvalue weighted by Crippen LogP contribution is -2.77. The van der Waals surface area contributed by atoms with E-state index in [2.05, 4.69) is 306 Å². The fourth-order valence-corrected chi connectivity index (χ4v) is 21.3. The molecule has 4 nitrogen and oxygen atoms in total. The highest BCUT2D eigenvalue weighted by molar-refractivity contribution is 7.21. The number of benzene rings is 9. The molecule has 10 aromatic rings. The molecular formula is C80H82BN3OSi. The van der Waals surface area contributed by atoms with Crippen LogP contribution in [-0.2, 0) is 32.5 Å². The van der Waals surface area contributed by atoms with Gasteiger partial charge in [0.25, 0.3) is 6.71 Å². The normalized spacial score (nSPS) is 18.1. The van der Waals surface area contributed by atoms with Gasteiger partial charge in [-0.1, -0.05) is 224 Å². The lowest BCUT2D eigenvalue weighted by Gasteiger charge is -2.48. The fraction of sp³-hybridized carbons (Fsp3) is 0.300. The first-order chi connectivity index (χ1) is 40.9. The van der Waals surface area contributed by atoms with Crippen LogP contribution in [-0.4, -0.2) is 14.8 Å². The third-order valence-corrected chi connectivity index (χ3v) is 26.2. The van der Waals surface area contributed by atoms with Crippen LogP contribution in [0.15, 0.2) is 199 Å². The molecule has 0 spiro atoms. The monoisotopic (exact) mass is 1140 g/mol. The van der Waals surface area contributed by atoms with Gasteiger partial charge in [-0.25, -0.2) is 0 Å². The summed E-state index contributed by atoms with van der Waals surface area (Å²) in [5.74, 6) is 0. The van der Waals surface area contributed by atoms with Crippen LogP contribution >= 0.6 is 0 Å². The summed E-state index contributed by atoms with van der Waals surface area (Å²) in [6.07, 6.45) is 4.55. The zero-order valence-electron chi connectivity index (χ0n) is 53.1. The van der Waals surface area contributed by atoms with Gasteiger partial charge < -0.3 is 19.1 Å². The van der Waals surface area contributed by atoms with E-state index in [4.69, 9.17) is 4.42 Å². The summed E-state index contributed by atoms with van der Waals surface area (Å²) in [4.78, 5) is 7.96.